The Balaban J connectivity index is 1.30. The first-order valence-corrected chi connectivity index (χ1v) is 16.5. The molecule has 0 saturated carbocycles. The van der Waals surface area contributed by atoms with Gasteiger partial charge in [-0.15, -0.1) is 11.3 Å². The van der Waals surface area contributed by atoms with Crippen molar-refractivity contribution in [2.75, 3.05) is 37.1 Å². The van der Waals surface area contributed by atoms with E-state index in [0.29, 0.717) is 49.9 Å². The number of hydrogen-bond donors (Lipinski definition) is 3. The highest BCUT2D eigenvalue weighted by Crippen LogP contribution is 2.30. The number of amidine groups is 1. The van der Waals surface area contributed by atoms with Crippen molar-refractivity contribution >= 4 is 44.8 Å². The van der Waals surface area contributed by atoms with Gasteiger partial charge in [0.25, 0.3) is 10.0 Å². The molecule has 3 heterocycles. The van der Waals surface area contributed by atoms with Crippen molar-refractivity contribution in [2.24, 2.45) is 5.73 Å². The molecule has 2 aromatic carbocycles. The third kappa shape index (κ3) is 6.94. The van der Waals surface area contributed by atoms with Crippen molar-refractivity contribution in [1.82, 2.24) is 9.80 Å². The number of nitrogens with one attached hydrogen (secondary N) is 2. The summed E-state index contributed by atoms with van der Waals surface area (Å²) >= 11 is 1.55. The second-order valence-electron chi connectivity index (χ2n) is 10.4. The quantitative estimate of drug-likeness (QED) is 0.185. The van der Waals surface area contributed by atoms with Gasteiger partial charge in [-0.2, -0.15) is 0 Å². The lowest BCUT2D eigenvalue weighted by Crippen LogP contribution is -2.41. The molecule has 0 bridgehead atoms. The van der Waals surface area contributed by atoms with Gasteiger partial charge in [-0.25, -0.2) is 8.42 Å². The van der Waals surface area contributed by atoms with E-state index in [2.05, 4.69) is 4.90 Å². The highest BCUT2D eigenvalue weighted by molar-refractivity contribution is 7.92. The Labute approximate surface area is 255 Å². The molecule has 11 nitrogen and oxygen atoms in total. The zero-order valence-corrected chi connectivity index (χ0v) is 25.6. The number of thiophene rings is 1. The van der Waals surface area contributed by atoms with Gasteiger partial charge in [-0.05, 0) is 72.3 Å². The first kappa shape index (κ1) is 30.4. The lowest BCUT2D eigenvalue weighted by atomic mass is 9.99. The fourth-order valence-electron chi connectivity index (χ4n) is 5.32. The second-order valence-corrected chi connectivity index (χ2v) is 13.2. The Morgan fingerprint density at radius 1 is 1.05 bits per heavy atom. The molecule has 228 valence electrons. The van der Waals surface area contributed by atoms with Gasteiger partial charge >= 0.3 is 5.97 Å². The van der Waals surface area contributed by atoms with Crippen LogP contribution in [0.15, 0.2) is 64.9 Å². The maximum absolute atomic E-state index is 13.9. The summed E-state index contributed by atoms with van der Waals surface area (Å²) in [4.78, 5) is 17.3. The number of piperidine rings is 1. The van der Waals surface area contributed by atoms with Crippen LogP contribution in [0.3, 0.4) is 0 Å². The van der Waals surface area contributed by atoms with E-state index in [1.54, 1.807) is 47.4 Å². The molecule has 0 aliphatic carbocycles. The van der Waals surface area contributed by atoms with E-state index < -0.39 is 22.5 Å². The Kier molecular flexibility index (Phi) is 9.21. The molecule has 0 unspecified atom stereocenters. The minimum atomic E-state index is -4.14. The average molecular weight is 625 g/mol. The standard InChI is InChI=1S/C30H36N6O5S2/c1-2-40-28(37)20-36(23-6-5-21-11-14-35(30(32)33)19-22(21)18-23)43(38,39)26-9-7-24(8-10-26)41-25-12-15-34(16-13-25)29(31)27-4-3-17-42-27/h3-10,17-18,25,31H,2,11-16,19-20H2,1H3,(H3,32,33). The molecule has 4 N–H and O–H groups in total. The zero-order valence-electron chi connectivity index (χ0n) is 24.0. The summed E-state index contributed by atoms with van der Waals surface area (Å²) in [5.41, 5.74) is 7.92. The van der Waals surface area contributed by atoms with Crippen molar-refractivity contribution in [1.29, 1.82) is 10.8 Å². The highest BCUT2D eigenvalue weighted by Gasteiger charge is 2.30. The van der Waals surface area contributed by atoms with E-state index in [4.69, 9.17) is 26.0 Å². The van der Waals surface area contributed by atoms with Crippen LogP contribution in [0, 0.1) is 10.8 Å². The van der Waals surface area contributed by atoms with Crippen molar-refractivity contribution < 1.29 is 22.7 Å². The SMILES string of the molecule is CCOC(=O)CN(c1ccc2c(c1)CN(C(=N)N)CC2)S(=O)(=O)c1ccc(OC2CCN(C(=N)c3cccs3)CC2)cc1. The summed E-state index contributed by atoms with van der Waals surface area (Å²) in [6.45, 7) is 3.73. The molecule has 2 aliphatic rings. The van der Waals surface area contributed by atoms with Crippen LogP contribution in [0.4, 0.5) is 5.69 Å². The summed E-state index contributed by atoms with van der Waals surface area (Å²) < 4.78 is 40.1. The number of hydrogen-bond acceptors (Lipinski definition) is 8. The van der Waals surface area contributed by atoms with Crippen molar-refractivity contribution in [3.63, 3.8) is 0 Å². The van der Waals surface area contributed by atoms with Crippen LogP contribution >= 0.6 is 11.3 Å². The van der Waals surface area contributed by atoms with Crippen LogP contribution in [0.2, 0.25) is 0 Å². The third-order valence-corrected chi connectivity index (χ3v) is 10.3. The van der Waals surface area contributed by atoms with Crippen LogP contribution in [-0.4, -0.2) is 74.9 Å². The lowest BCUT2D eigenvalue weighted by molar-refractivity contribution is -0.141. The number of fused-ring (bicyclic) bond motifs is 1. The van der Waals surface area contributed by atoms with Gasteiger partial charge < -0.3 is 25.0 Å². The monoisotopic (exact) mass is 624 g/mol. The average Bonchev–Trinajstić information content (AvgIpc) is 3.55. The predicted octanol–water partition coefficient (Wildman–Crippen LogP) is 3.63. The van der Waals surface area contributed by atoms with Gasteiger partial charge in [-0.1, -0.05) is 12.1 Å². The van der Waals surface area contributed by atoms with Crippen LogP contribution in [0.1, 0.15) is 35.8 Å². The van der Waals surface area contributed by atoms with Gasteiger partial charge in [0.15, 0.2) is 5.96 Å². The Hall–Kier alpha value is -4.10. The Morgan fingerprint density at radius 3 is 2.44 bits per heavy atom. The molecule has 1 fully saturated rings. The van der Waals surface area contributed by atoms with Crippen molar-refractivity contribution in [2.45, 2.75) is 43.7 Å². The van der Waals surface area contributed by atoms with Crippen LogP contribution < -0.4 is 14.8 Å². The van der Waals surface area contributed by atoms with E-state index in [1.807, 2.05) is 23.6 Å². The van der Waals surface area contributed by atoms with Gasteiger partial charge in [0.2, 0.25) is 0 Å². The predicted molar refractivity (Wildman–Crippen MR) is 166 cm³/mol. The summed E-state index contributed by atoms with van der Waals surface area (Å²) in [6.07, 6.45) is 2.14. The number of benzene rings is 2. The number of sulfonamides is 1. The molecule has 5 rings (SSSR count). The molecule has 1 aromatic heterocycles. The molecule has 2 aliphatic heterocycles. The van der Waals surface area contributed by atoms with Gasteiger partial charge in [0.1, 0.15) is 24.2 Å². The van der Waals surface area contributed by atoms with E-state index in [0.717, 1.165) is 33.2 Å². The molecular weight excluding hydrogens is 589 g/mol. The molecule has 13 heteroatoms. The first-order valence-electron chi connectivity index (χ1n) is 14.2. The number of likely N-dealkylation sites (tertiary alicyclic amines) is 1. The van der Waals surface area contributed by atoms with E-state index >= 15 is 0 Å². The molecule has 0 radical (unpaired) electrons. The number of rotatable bonds is 9. The first-order chi connectivity index (χ1) is 20.7. The summed E-state index contributed by atoms with van der Waals surface area (Å²) in [5, 5.41) is 18.2. The van der Waals surface area contributed by atoms with E-state index in [-0.39, 0.29) is 23.6 Å². The maximum Gasteiger partial charge on any atom is 0.326 e. The van der Waals surface area contributed by atoms with E-state index in [1.165, 1.54) is 12.1 Å². The van der Waals surface area contributed by atoms with Gasteiger partial charge in [0.05, 0.1) is 22.1 Å². The largest absolute Gasteiger partial charge is 0.490 e. The molecule has 0 amide bonds. The Morgan fingerprint density at radius 2 is 1.79 bits per heavy atom. The Bertz CT molecular complexity index is 1570. The number of esters is 1. The third-order valence-electron chi connectivity index (χ3n) is 7.64. The van der Waals surface area contributed by atoms with Crippen molar-refractivity contribution in [3.8, 4) is 5.75 Å². The number of carbonyl (C=O) groups excluding carboxylic acids is 1. The molecule has 1 saturated heterocycles. The summed E-state index contributed by atoms with van der Waals surface area (Å²) in [7, 11) is -4.14. The highest BCUT2D eigenvalue weighted by atomic mass is 32.2. The number of nitrogens with two attached hydrogens (primary N) is 1. The normalized spacial score (nSPS) is 15.5. The summed E-state index contributed by atoms with van der Waals surface area (Å²) in [5.74, 6) is 0.386. The van der Waals surface area contributed by atoms with E-state index in [9.17, 15) is 13.2 Å². The smallest absolute Gasteiger partial charge is 0.326 e. The number of nitrogens with zero attached hydrogens (tertiary/aromatic N) is 3. The number of anilines is 1. The molecular formula is C30H36N6O5S2. The fraction of sp³-hybridized carbons (Fsp3) is 0.367. The molecule has 3 aromatic rings. The fourth-order valence-corrected chi connectivity index (χ4v) is 7.42. The minimum absolute atomic E-state index is 0.0199. The number of ether oxygens (including phenoxy) is 2. The van der Waals surface area contributed by atoms with Crippen molar-refractivity contribution in [3.05, 3.63) is 76.0 Å². The van der Waals surface area contributed by atoms with Crippen LogP contribution in [0.25, 0.3) is 0 Å². The van der Waals surface area contributed by atoms with Gasteiger partial charge in [0, 0.05) is 39.0 Å². The molecule has 43 heavy (non-hydrogen) atoms. The van der Waals surface area contributed by atoms with Crippen LogP contribution in [-0.2, 0) is 32.5 Å². The molecule has 0 atom stereocenters. The number of guanidine groups is 1. The lowest BCUT2D eigenvalue weighted by Gasteiger charge is -2.33. The molecule has 0 spiro atoms. The van der Waals surface area contributed by atoms with Gasteiger partial charge in [-0.3, -0.25) is 19.9 Å². The minimum Gasteiger partial charge on any atom is -0.490 e. The topological polar surface area (TPSA) is 153 Å². The zero-order chi connectivity index (χ0) is 30.6. The van der Waals surface area contributed by atoms with Crippen LogP contribution in [0.5, 0.6) is 5.75 Å². The summed E-state index contributed by atoms with van der Waals surface area (Å²) in [6, 6.07) is 15.4. The number of carbonyl (C=O) groups is 1. The maximum atomic E-state index is 13.9. The second kappa shape index (κ2) is 13.0.